The van der Waals surface area contributed by atoms with E-state index in [9.17, 15) is 5.11 Å². The van der Waals surface area contributed by atoms with Crippen molar-refractivity contribution in [3.05, 3.63) is 0 Å². The number of rotatable bonds is 5. The lowest BCUT2D eigenvalue weighted by molar-refractivity contribution is -0.0488. The minimum atomic E-state index is -0.380. The van der Waals surface area contributed by atoms with Gasteiger partial charge >= 0.3 is 0 Å². The first-order valence-electron chi connectivity index (χ1n) is 5.53. The highest BCUT2D eigenvalue weighted by molar-refractivity contribution is 4.77. The Bertz CT molecular complexity index is 161. The van der Waals surface area contributed by atoms with Gasteiger partial charge in [0.1, 0.15) is 0 Å². The molecule has 1 fully saturated rings. The molecule has 0 bridgehead atoms. The first-order chi connectivity index (χ1) is 6.47. The Hall–Kier alpha value is -0.120. The van der Waals surface area contributed by atoms with E-state index >= 15 is 0 Å². The first-order valence-corrected chi connectivity index (χ1v) is 5.53. The van der Waals surface area contributed by atoms with Gasteiger partial charge in [0, 0.05) is 12.6 Å². The summed E-state index contributed by atoms with van der Waals surface area (Å²) in [5, 5.41) is 12.9. The van der Waals surface area contributed by atoms with Crippen LogP contribution >= 0.6 is 0 Å². The highest BCUT2D eigenvalue weighted by Crippen LogP contribution is 2.17. The lowest BCUT2D eigenvalue weighted by atomic mass is 9.93. The van der Waals surface area contributed by atoms with Gasteiger partial charge in [-0.1, -0.05) is 6.42 Å². The fourth-order valence-electron chi connectivity index (χ4n) is 1.32. The summed E-state index contributed by atoms with van der Waals surface area (Å²) in [6, 6.07) is 0.638. The predicted molar refractivity (Wildman–Crippen MR) is 57.4 cm³/mol. The molecule has 1 atom stereocenters. The van der Waals surface area contributed by atoms with Crippen LogP contribution < -0.4 is 5.32 Å². The van der Waals surface area contributed by atoms with Gasteiger partial charge in [-0.05, 0) is 33.6 Å². The summed E-state index contributed by atoms with van der Waals surface area (Å²) in [4.78, 5) is 0. The van der Waals surface area contributed by atoms with Crippen molar-refractivity contribution >= 4 is 0 Å². The topological polar surface area (TPSA) is 41.5 Å². The summed E-state index contributed by atoms with van der Waals surface area (Å²) in [6.45, 7) is 7.07. The van der Waals surface area contributed by atoms with E-state index < -0.39 is 0 Å². The molecule has 1 saturated carbocycles. The largest absolute Gasteiger partial charge is 0.389 e. The van der Waals surface area contributed by atoms with Crippen LogP contribution in [0.3, 0.4) is 0 Å². The molecular weight excluding hydrogens is 178 g/mol. The highest BCUT2D eigenvalue weighted by atomic mass is 16.5. The van der Waals surface area contributed by atoms with E-state index in [2.05, 4.69) is 5.32 Å². The molecule has 84 valence electrons. The molecule has 0 aromatic rings. The van der Waals surface area contributed by atoms with E-state index in [1.54, 1.807) is 0 Å². The lowest BCUT2D eigenvalue weighted by Crippen LogP contribution is -2.41. The average molecular weight is 201 g/mol. The average Bonchev–Trinajstić information content (AvgIpc) is 1.96. The SMILES string of the molecule is CC(C)(C)OCC(O)CNC1CCC1. The van der Waals surface area contributed by atoms with E-state index in [0.29, 0.717) is 19.2 Å². The molecule has 0 heterocycles. The zero-order valence-electron chi connectivity index (χ0n) is 9.55. The van der Waals surface area contributed by atoms with Gasteiger partial charge in [-0.15, -0.1) is 0 Å². The van der Waals surface area contributed by atoms with Gasteiger partial charge in [-0.2, -0.15) is 0 Å². The van der Waals surface area contributed by atoms with Crippen molar-refractivity contribution in [2.45, 2.75) is 57.8 Å². The summed E-state index contributed by atoms with van der Waals surface area (Å²) in [5.41, 5.74) is -0.155. The van der Waals surface area contributed by atoms with Crippen LogP contribution in [0, 0.1) is 0 Å². The summed E-state index contributed by atoms with van der Waals surface area (Å²) >= 11 is 0. The number of hydrogen-bond donors (Lipinski definition) is 2. The zero-order valence-corrected chi connectivity index (χ0v) is 9.55. The third-order valence-electron chi connectivity index (χ3n) is 2.46. The molecule has 0 aromatic heterocycles. The molecule has 2 N–H and O–H groups in total. The van der Waals surface area contributed by atoms with Gasteiger partial charge < -0.3 is 15.2 Å². The fourth-order valence-corrected chi connectivity index (χ4v) is 1.32. The second-order valence-corrected chi connectivity index (χ2v) is 5.11. The maximum Gasteiger partial charge on any atom is 0.0898 e. The summed E-state index contributed by atoms with van der Waals surface area (Å²) in [7, 11) is 0. The number of nitrogens with one attached hydrogen (secondary N) is 1. The van der Waals surface area contributed by atoms with Gasteiger partial charge in [0.15, 0.2) is 0 Å². The van der Waals surface area contributed by atoms with E-state index in [4.69, 9.17) is 4.74 Å². The smallest absolute Gasteiger partial charge is 0.0898 e. The molecule has 0 amide bonds. The van der Waals surface area contributed by atoms with Gasteiger partial charge in [0.2, 0.25) is 0 Å². The molecule has 1 rings (SSSR count). The number of aliphatic hydroxyl groups is 1. The van der Waals surface area contributed by atoms with E-state index in [1.807, 2.05) is 20.8 Å². The molecule has 1 unspecified atom stereocenters. The molecule has 0 saturated heterocycles. The van der Waals surface area contributed by atoms with Crippen molar-refractivity contribution in [1.82, 2.24) is 5.32 Å². The molecule has 3 nitrogen and oxygen atoms in total. The first kappa shape index (κ1) is 12.0. The maximum atomic E-state index is 9.59. The molecular formula is C11H23NO2. The van der Waals surface area contributed by atoms with Crippen molar-refractivity contribution in [3.63, 3.8) is 0 Å². The van der Waals surface area contributed by atoms with Crippen LogP contribution in [0.2, 0.25) is 0 Å². The van der Waals surface area contributed by atoms with Crippen LogP contribution in [0.4, 0.5) is 0 Å². The van der Waals surface area contributed by atoms with Crippen LogP contribution in [0.1, 0.15) is 40.0 Å². The standard InChI is InChI=1S/C11H23NO2/c1-11(2,3)14-8-10(13)7-12-9-5-4-6-9/h9-10,12-13H,4-8H2,1-3H3. The molecule has 14 heavy (non-hydrogen) atoms. The normalized spacial score (nSPS) is 20.6. The second-order valence-electron chi connectivity index (χ2n) is 5.11. The van der Waals surface area contributed by atoms with Gasteiger partial charge in [-0.25, -0.2) is 0 Å². The Morgan fingerprint density at radius 2 is 2.07 bits per heavy atom. The van der Waals surface area contributed by atoms with E-state index in [1.165, 1.54) is 19.3 Å². The summed E-state index contributed by atoms with van der Waals surface area (Å²) < 4.78 is 5.49. The monoisotopic (exact) mass is 201 g/mol. The summed E-state index contributed by atoms with van der Waals surface area (Å²) in [6.07, 6.45) is 3.46. The molecule has 0 radical (unpaired) electrons. The molecule has 1 aliphatic rings. The van der Waals surface area contributed by atoms with Crippen LogP contribution in [0.15, 0.2) is 0 Å². The van der Waals surface area contributed by atoms with Crippen molar-refractivity contribution in [1.29, 1.82) is 0 Å². The molecule has 0 spiro atoms. The number of hydrogen-bond acceptors (Lipinski definition) is 3. The Balaban J connectivity index is 2.00. The third kappa shape index (κ3) is 4.94. The van der Waals surface area contributed by atoms with Crippen LogP contribution in [-0.2, 0) is 4.74 Å². The zero-order chi connectivity index (χ0) is 10.6. The Morgan fingerprint density at radius 3 is 2.50 bits per heavy atom. The minimum absolute atomic E-state index is 0.155. The van der Waals surface area contributed by atoms with Crippen molar-refractivity contribution in [3.8, 4) is 0 Å². The van der Waals surface area contributed by atoms with Crippen molar-refractivity contribution in [2.24, 2.45) is 0 Å². The quantitative estimate of drug-likeness (QED) is 0.704. The molecule has 0 aromatic carbocycles. The Labute approximate surface area is 86.8 Å². The third-order valence-corrected chi connectivity index (χ3v) is 2.46. The molecule has 1 aliphatic carbocycles. The number of ether oxygens (including phenoxy) is 1. The van der Waals surface area contributed by atoms with Crippen LogP contribution in [0.5, 0.6) is 0 Å². The second kappa shape index (κ2) is 5.10. The van der Waals surface area contributed by atoms with Gasteiger partial charge in [0.25, 0.3) is 0 Å². The fraction of sp³-hybridized carbons (Fsp3) is 1.00. The van der Waals surface area contributed by atoms with Crippen molar-refractivity contribution in [2.75, 3.05) is 13.2 Å². The van der Waals surface area contributed by atoms with E-state index in [-0.39, 0.29) is 11.7 Å². The lowest BCUT2D eigenvalue weighted by Gasteiger charge is -2.28. The van der Waals surface area contributed by atoms with Gasteiger partial charge in [-0.3, -0.25) is 0 Å². The minimum Gasteiger partial charge on any atom is -0.389 e. The van der Waals surface area contributed by atoms with Crippen LogP contribution in [0.25, 0.3) is 0 Å². The highest BCUT2D eigenvalue weighted by Gasteiger charge is 2.18. The predicted octanol–water partition coefficient (Wildman–Crippen LogP) is 1.30. The van der Waals surface area contributed by atoms with Crippen LogP contribution in [-0.4, -0.2) is 36.0 Å². The Kier molecular flexibility index (Phi) is 4.35. The molecule has 0 aliphatic heterocycles. The maximum absolute atomic E-state index is 9.59. The van der Waals surface area contributed by atoms with E-state index in [0.717, 1.165) is 0 Å². The Morgan fingerprint density at radius 1 is 1.43 bits per heavy atom. The summed E-state index contributed by atoms with van der Waals surface area (Å²) in [5.74, 6) is 0. The van der Waals surface area contributed by atoms with Crippen molar-refractivity contribution < 1.29 is 9.84 Å². The number of aliphatic hydroxyl groups excluding tert-OH is 1. The van der Waals surface area contributed by atoms with Gasteiger partial charge in [0.05, 0.1) is 18.3 Å². The molecule has 3 heteroatoms.